The number of hydrogen-bond donors (Lipinski definition) is 3. The number of ether oxygens (including phenoxy) is 2. The number of benzene rings is 1. The maximum atomic E-state index is 5.92. The maximum absolute atomic E-state index is 5.92. The fraction of sp³-hybridized carbons (Fsp3) is 0.591. The van der Waals surface area contributed by atoms with E-state index in [0.29, 0.717) is 6.10 Å². The number of nitrogens with one attached hydrogen (secondary N) is 3. The van der Waals surface area contributed by atoms with Gasteiger partial charge in [0.15, 0.2) is 5.96 Å². The Labute approximate surface area is 168 Å². The Morgan fingerprint density at radius 2 is 2.07 bits per heavy atom. The molecule has 1 fully saturated rings. The molecule has 2 aromatic rings. The number of rotatable bonds is 9. The van der Waals surface area contributed by atoms with E-state index in [9.17, 15) is 0 Å². The lowest BCUT2D eigenvalue weighted by molar-refractivity contribution is -0.0318. The lowest BCUT2D eigenvalue weighted by Crippen LogP contribution is -2.38. The zero-order valence-corrected chi connectivity index (χ0v) is 17.2. The van der Waals surface area contributed by atoms with Gasteiger partial charge in [-0.3, -0.25) is 4.99 Å². The van der Waals surface area contributed by atoms with Crippen molar-refractivity contribution >= 4 is 16.9 Å². The highest BCUT2D eigenvalue weighted by atomic mass is 16.5. The number of aromatic nitrogens is 1. The van der Waals surface area contributed by atoms with E-state index in [2.05, 4.69) is 58.7 Å². The molecule has 0 saturated carbocycles. The predicted molar refractivity (Wildman–Crippen MR) is 115 cm³/mol. The van der Waals surface area contributed by atoms with E-state index < -0.39 is 0 Å². The van der Waals surface area contributed by atoms with Crippen LogP contribution in [0.5, 0.6) is 0 Å². The molecular formula is C22H34N4O2. The monoisotopic (exact) mass is 386 g/mol. The second-order valence-corrected chi connectivity index (χ2v) is 7.25. The summed E-state index contributed by atoms with van der Waals surface area (Å²) in [6.07, 6.45) is 4.30. The number of H-pyrrole nitrogens is 1. The largest absolute Gasteiger partial charge is 0.381 e. The van der Waals surface area contributed by atoms with Gasteiger partial charge in [0.2, 0.25) is 0 Å². The van der Waals surface area contributed by atoms with Crippen molar-refractivity contribution in [2.24, 2.45) is 4.99 Å². The second kappa shape index (κ2) is 11.1. The Hall–Kier alpha value is -2.05. The zero-order valence-electron chi connectivity index (χ0n) is 17.2. The average molecular weight is 387 g/mol. The van der Waals surface area contributed by atoms with Crippen molar-refractivity contribution in [3.8, 4) is 0 Å². The van der Waals surface area contributed by atoms with Gasteiger partial charge in [-0.25, -0.2) is 0 Å². The van der Waals surface area contributed by atoms with Crippen molar-refractivity contribution in [1.82, 2.24) is 15.6 Å². The van der Waals surface area contributed by atoms with Gasteiger partial charge in [0.1, 0.15) is 0 Å². The molecule has 1 aromatic heterocycles. The van der Waals surface area contributed by atoms with Crippen molar-refractivity contribution in [2.45, 2.75) is 45.6 Å². The first-order valence-corrected chi connectivity index (χ1v) is 10.6. The number of nitrogens with zero attached hydrogens (tertiary/aromatic N) is 1. The summed E-state index contributed by atoms with van der Waals surface area (Å²) < 4.78 is 11.3. The number of guanidine groups is 1. The number of hydrogen-bond acceptors (Lipinski definition) is 3. The number of para-hydroxylation sites is 1. The normalized spacial score (nSPS) is 15.9. The fourth-order valence-electron chi connectivity index (χ4n) is 3.65. The molecule has 1 aromatic carbocycles. The number of aryl methyl sites for hydroxylation is 1. The molecule has 3 N–H and O–H groups in total. The van der Waals surface area contributed by atoms with E-state index in [0.717, 1.165) is 71.1 Å². The van der Waals surface area contributed by atoms with E-state index in [4.69, 9.17) is 9.47 Å². The highest BCUT2D eigenvalue weighted by molar-refractivity contribution is 5.84. The summed E-state index contributed by atoms with van der Waals surface area (Å²) in [5.41, 5.74) is 3.83. The average Bonchev–Trinajstić information content (AvgIpc) is 3.04. The van der Waals surface area contributed by atoms with Crippen LogP contribution in [-0.2, 0) is 15.9 Å². The summed E-state index contributed by atoms with van der Waals surface area (Å²) in [6, 6.07) is 8.49. The smallest absolute Gasteiger partial charge is 0.191 e. The third-order valence-electron chi connectivity index (χ3n) is 5.13. The fourth-order valence-corrected chi connectivity index (χ4v) is 3.65. The van der Waals surface area contributed by atoms with E-state index in [1.165, 1.54) is 22.2 Å². The number of fused-ring (bicyclic) bond motifs is 1. The highest BCUT2D eigenvalue weighted by Crippen LogP contribution is 2.21. The van der Waals surface area contributed by atoms with Gasteiger partial charge in [0, 0.05) is 56.1 Å². The minimum absolute atomic E-state index is 0.364. The van der Waals surface area contributed by atoms with Crippen molar-refractivity contribution < 1.29 is 9.47 Å². The molecule has 154 valence electrons. The van der Waals surface area contributed by atoms with Crippen molar-refractivity contribution in [1.29, 1.82) is 0 Å². The molecule has 0 spiro atoms. The summed E-state index contributed by atoms with van der Waals surface area (Å²) >= 11 is 0. The minimum Gasteiger partial charge on any atom is -0.381 e. The van der Waals surface area contributed by atoms with Crippen LogP contribution < -0.4 is 10.6 Å². The molecule has 0 bridgehead atoms. The van der Waals surface area contributed by atoms with Gasteiger partial charge in [0.05, 0.1) is 6.10 Å². The Bertz CT molecular complexity index is 750. The molecule has 0 aliphatic carbocycles. The molecule has 6 nitrogen and oxygen atoms in total. The first kappa shape index (κ1) is 20.7. The quantitative estimate of drug-likeness (QED) is 0.352. The maximum Gasteiger partial charge on any atom is 0.191 e. The third kappa shape index (κ3) is 5.97. The van der Waals surface area contributed by atoms with Gasteiger partial charge >= 0.3 is 0 Å². The molecule has 28 heavy (non-hydrogen) atoms. The topological polar surface area (TPSA) is 70.7 Å². The van der Waals surface area contributed by atoms with Crippen LogP contribution in [0.3, 0.4) is 0 Å². The molecular weight excluding hydrogens is 352 g/mol. The molecule has 1 aliphatic rings. The molecule has 0 atom stereocenters. The molecule has 3 rings (SSSR count). The van der Waals surface area contributed by atoms with Gasteiger partial charge in [-0.15, -0.1) is 0 Å². The number of aliphatic imine (C=N–C) groups is 1. The van der Waals surface area contributed by atoms with Gasteiger partial charge in [-0.1, -0.05) is 18.2 Å². The Morgan fingerprint density at radius 3 is 2.89 bits per heavy atom. The highest BCUT2D eigenvalue weighted by Gasteiger charge is 2.13. The van der Waals surface area contributed by atoms with Crippen LogP contribution in [0, 0.1) is 6.92 Å². The molecule has 1 aliphatic heterocycles. The van der Waals surface area contributed by atoms with Crippen LogP contribution in [0.1, 0.15) is 37.4 Å². The van der Waals surface area contributed by atoms with Gasteiger partial charge in [-0.2, -0.15) is 0 Å². The van der Waals surface area contributed by atoms with Gasteiger partial charge in [0.25, 0.3) is 0 Å². The van der Waals surface area contributed by atoms with Crippen LogP contribution in [0.4, 0.5) is 0 Å². The van der Waals surface area contributed by atoms with E-state index in [1.807, 2.05) is 0 Å². The van der Waals surface area contributed by atoms with E-state index in [1.54, 1.807) is 0 Å². The van der Waals surface area contributed by atoms with Crippen LogP contribution in [0.15, 0.2) is 29.3 Å². The van der Waals surface area contributed by atoms with Crippen molar-refractivity contribution in [2.75, 3.05) is 39.5 Å². The van der Waals surface area contributed by atoms with Crippen LogP contribution in [0.2, 0.25) is 0 Å². The lowest BCUT2D eigenvalue weighted by Gasteiger charge is -2.22. The molecule has 1 saturated heterocycles. The van der Waals surface area contributed by atoms with Crippen LogP contribution in [0.25, 0.3) is 10.9 Å². The summed E-state index contributed by atoms with van der Waals surface area (Å²) in [6.45, 7) is 9.14. The summed E-state index contributed by atoms with van der Waals surface area (Å²) in [5.74, 6) is 0.881. The standard InChI is InChI=1S/C22H34N4O2/c1-3-23-22(24-12-6-14-28-18-10-15-27-16-11-18)25-13-9-19-17(2)26-21-8-5-4-7-20(19)21/h4-5,7-8,18,26H,3,6,9-16H2,1-2H3,(H2,23,24,25). The van der Waals surface area contributed by atoms with Crippen LogP contribution in [-0.4, -0.2) is 56.5 Å². The number of aromatic amines is 1. The Morgan fingerprint density at radius 1 is 1.25 bits per heavy atom. The molecule has 0 unspecified atom stereocenters. The van der Waals surface area contributed by atoms with Crippen LogP contribution >= 0.6 is 0 Å². The zero-order chi connectivity index (χ0) is 19.6. The van der Waals surface area contributed by atoms with E-state index >= 15 is 0 Å². The van der Waals surface area contributed by atoms with Crippen molar-refractivity contribution in [3.63, 3.8) is 0 Å². The minimum atomic E-state index is 0.364. The second-order valence-electron chi connectivity index (χ2n) is 7.25. The third-order valence-corrected chi connectivity index (χ3v) is 5.13. The van der Waals surface area contributed by atoms with Crippen molar-refractivity contribution in [3.05, 3.63) is 35.5 Å². The van der Waals surface area contributed by atoms with Gasteiger partial charge in [-0.05, 0) is 51.2 Å². The molecule has 2 heterocycles. The summed E-state index contributed by atoms with van der Waals surface area (Å²) in [7, 11) is 0. The summed E-state index contributed by atoms with van der Waals surface area (Å²) in [5, 5.41) is 8.10. The predicted octanol–water partition coefficient (Wildman–Crippen LogP) is 3.16. The molecule has 6 heteroatoms. The SMILES string of the molecule is CCNC(=NCCCOC1CCOCC1)NCCc1c(C)[nH]c2ccccc12. The molecule has 0 radical (unpaired) electrons. The van der Waals surface area contributed by atoms with Gasteiger partial charge < -0.3 is 25.1 Å². The summed E-state index contributed by atoms with van der Waals surface area (Å²) in [4.78, 5) is 8.15. The Balaban J connectivity index is 1.42. The Kier molecular flexibility index (Phi) is 8.18. The first-order chi connectivity index (χ1) is 13.8. The van der Waals surface area contributed by atoms with E-state index in [-0.39, 0.29) is 0 Å². The lowest BCUT2D eigenvalue weighted by atomic mass is 10.1. The first-order valence-electron chi connectivity index (χ1n) is 10.6. The molecule has 0 amide bonds.